The fraction of sp³-hybridized carbons (Fsp3) is 0.0909. The maximum atomic E-state index is 13.1. The largest absolute Gasteiger partial charge is 0.454 e. The van der Waals surface area contributed by atoms with Crippen LogP contribution in [-0.4, -0.2) is 0 Å². The zero-order chi connectivity index (χ0) is 11.5. The Balaban J connectivity index is 2.02. The normalized spacial score (nSPS) is 10.4. The lowest BCUT2D eigenvalue weighted by Crippen LogP contribution is -1.98. The lowest BCUT2D eigenvalue weighted by Gasteiger charge is -2.04. The summed E-state index contributed by atoms with van der Waals surface area (Å²) in [6, 6.07) is 8.35. The Morgan fingerprint density at radius 1 is 1.31 bits per heavy atom. The zero-order valence-electron chi connectivity index (χ0n) is 8.14. The molecule has 0 aliphatic carbocycles. The molecule has 1 aromatic heterocycles. The van der Waals surface area contributed by atoms with Gasteiger partial charge >= 0.3 is 0 Å². The average Bonchev–Trinajstić information content (AvgIpc) is 2.66. The van der Waals surface area contributed by atoms with E-state index in [1.807, 2.05) is 12.1 Å². The van der Waals surface area contributed by atoms with Crippen LogP contribution in [0.4, 0.5) is 10.1 Å². The Morgan fingerprint density at radius 2 is 2.12 bits per heavy atom. The number of nitrogens with one attached hydrogen (secondary N) is 1. The molecule has 0 unspecified atom stereocenters. The van der Waals surface area contributed by atoms with Gasteiger partial charge < -0.3 is 9.73 Å². The topological polar surface area (TPSA) is 25.2 Å². The van der Waals surface area contributed by atoms with Gasteiger partial charge in [0.15, 0.2) is 3.77 Å². The Kier molecular flexibility index (Phi) is 3.70. The quantitative estimate of drug-likeness (QED) is 0.835. The summed E-state index contributed by atoms with van der Waals surface area (Å²) in [6.45, 7) is 0.518. The Morgan fingerprint density at radius 3 is 2.75 bits per heavy atom. The van der Waals surface area contributed by atoms with Crippen molar-refractivity contribution in [2.75, 3.05) is 5.32 Å². The molecular formula is C11H8ClFINO. The summed E-state index contributed by atoms with van der Waals surface area (Å²) in [4.78, 5) is 0. The molecule has 0 amide bonds. The maximum Gasteiger partial charge on any atom is 0.164 e. The van der Waals surface area contributed by atoms with Crippen LogP contribution in [0.3, 0.4) is 0 Å². The molecular weight excluding hydrogens is 343 g/mol. The van der Waals surface area contributed by atoms with Crippen LogP contribution in [0, 0.1) is 9.58 Å². The van der Waals surface area contributed by atoms with E-state index in [2.05, 4.69) is 27.9 Å². The van der Waals surface area contributed by atoms with Gasteiger partial charge in [-0.05, 0) is 52.9 Å². The summed E-state index contributed by atoms with van der Waals surface area (Å²) in [5.41, 5.74) is 0.674. The Labute approximate surface area is 111 Å². The minimum absolute atomic E-state index is 0.123. The SMILES string of the molecule is Fc1cc(NCc2ccc(I)o2)ccc1Cl. The van der Waals surface area contributed by atoms with E-state index in [1.54, 1.807) is 6.07 Å². The lowest BCUT2D eigenvalue weighted by atomic mass is 10.3. The minimum atomic E-state index is -0.430. The number of hydrogen-bond acceptors (Lipinski definition) is 2. The van der Waals surface area contributed by atoms with Crippen molar-refractivity contribution in [3.8, 4) is 0 Å². The minimum Gasteiger partial charge on any atom is -0.454 e. The summed E-state index contributed by atoms with van der Waals surface area (Å²) in [6.07, 6.45) is 0. The van der Waals surface area contributed by atoms with Gasteiger partial charge in [-0.25, -0.2) is 4.39 Å². The number of halogens is 3. The number of benzene rings is 1. The van der Waals surface area contributed by atoms with Crippen molar-refractivity contribution in [3.05, 3.63) is 50.7 Å². The molecule has 0 aliphatic heterocycles. The number of hydrogen-bond donors (Lipinski definition) is 1. The average molecular weight is 352 g/mol. The van der Waals surface area contributed by atoms with Gasteiger partial charge in [-0.2, -0.15) is 0 Å². The van der Waals surface area contributed by atoms with Crippen molar-refractivity contribution in [1.82, 2.24) is 0 Å². The predicted molar refractivity (Wildman–Crippen MR) is 70.2 cm³/mol. The standard InChI is InChI=1S/C11H8ClFINO/c12-9-3-1-7(5-10(9)13)15-6-8-2-4-11(14)16-8/h1-5,15H,6H2. The lowest BCUT2D eigenvalue weighted by molar-refractivity contribution is 0.493. The van der Waals surface area contributed by atoms with E-state index in [4.69, 9.17) is 16.0 Å². The molecule has 2 nitrogen and oxygen atoms in total. The molecule has 0 saturated heterocycles. The molecule has 1 N–H and O–H groups in total. The van der Waals surface area contributed by atoms with Crippen LogP contribution >= 0.6 is 34.2 Å². The van der Waals surface area contributed by atoms with Crippen molar-refractivity contribution in [1.29, 1.82) is 0 Å². The van der Waals surface area contributed by atoms with E-state index < -0.39 is 5.82 Å². The van der Waals surface area contributed by atoms with Gasteiger partial charge in [0, 0.05) is 5.69 Å². The molecule has 1 heterocycles. The Bertz CT molecular complexity index is 500. The summed E-state index contributed by atoms with van der Waals surface area (Å²) in [5.74, 6) is 0.375. The number of rotatable bonds is 3. The highest BCUT2D eigenvalue weighted by molar-refractivity contribution is 14.1. The van der Waals surface area contributed by atoms with Crippen LogP contribution in [0.5, 0.6) is 0 Å². The molecule has 1 aromatic carbocycles. The molecule has 0 radical (unpaired) electrons. The van der Waals surface area contributed by atoms with Gasteiger partial charge in [-0.15, -0.1) is 0 Å². The van der Waals surface area contributed by atoms with Gasteiger partial charge in [0.2, 0.25) is 0 Å². The number of anilines is 1. The third-order valence-corrected chi connectivity index (χ3v) is 2.90. The fourth-order valence-corrected chi connectivity index (χ4v) is 1.82. The van der Waals surface area contributed by atoms with Gasteiger partial charge in [0.05, 0.1) is 11.6 Å². The van der Waals surface area contributed by atoms with E-state index >= 15 is 0 Å². The molecule has 5 heteroatoms. The third-order valence-electron chi connectivity index (χ3n) is 2.02. The summed E-state index contributed by atoms with van der Waals surface area (Å²) < 4.78 is 19.3. The van der Waals surface area contributed by atoms with E-state index in [-0.39, 0.29) is 5.02 Å². The van der Waals surface area contributed by atoms with E-state index in [9.17, 15) is 4.39 Å². The number of furan rings is 1. The molecule has 0 atom stereocenters. The first-order valence-corrected chi connectivity index (χ1v) is 6.04. The van der Waals surface area contributed by atoms with Gasteiger partial charge in [-0.1, -0.05) is 11.6 Å². The van der Waals surface area contributed by atoms with Crippen LogP contribution in [0.15, 0.2) is 34.7 Å². The summed E-state index contributed by atoms with van der Waals surface area (Å²) in [7, 11) is 0. The van der Waals surface area contributed by atoms with Crippen molar-refractivity contribution in [2.24, 2.45) is 0 Å². The molecule has 0 aliphatic rings. The van der Waals surface area contributed by atoms with Crippen molar-refractivity contribution in [3.63, 3.8) is 0 Å². The van der Waals surface area contributed by atoms with Gasteiger partial charge in [0.1, 0.15) is 11.6 Å². The van der Waals surface area contributed by atoms with Crippen molar-refractivity contribution < 1.29 is 8.81 Å². The van der Waals surface area contributed by atoms with Gasteiger partial charge in [0.25, 0.3) is 0 Å². The predicted octanol–water partition coefficient (Wildman–Crippen LogP) is 4.29. The van der Waals surface area contributed by atoms with Crippen LogP contribution < -0.4 is 5.32 Å². The van der Waals surface area contributed by atoms with Crippen LogP contribution in [-0.2, 0) is 6.54 Å². The van der Waals surface area contributed by atoms with E-state index in [0.717, 1.165) is 9.53 Å². The highest BCUT2D eigenvalue weighted by Crippen LogP contribution is 2.19. The molecule has 0 bridgehead atoms. The van der Waals surface area contributed by atoms with Crippen molar-refractivity contribution >= 4 is 39.9 Å². The molecule has 84 valence electrons. The fourth-order valence-electron chi connectivity index (χ4n) is 1.24. The second-order valence-electron chi connectivity index (χ2n) is 3.19. The van der Waals surface area contributed by atoms with Crippen LogP contribution in [0.1, 0.15) is 5.76 Å². The summed E-state index contributed by atoms with van der Waals surface area (Å²) in [5, 5.41) is 3.17. The van der Waals surface area contributed by atoms with Crippen LogP contribution in [0.2, 0.25) is 5.02 Å². The van der Waals surface area contributed by atoms with E-state index in [0.29, 0.717) is 12.2 Å². The zero-order valence-corrected chi connectivity index (χ0v) is 11.0. The first-order valence-electron chi connectivity index (χ1n) is 4.58. The summed E-state index contributed by atoms with van der Waals surface area (Å²) >= 11 is 7.67. The molecule has 0 spiro atoms. The molecule has 16 heavy (non-hydrogen) atoms. The van der Waals surface area contributed by atoms with Gasteiger partial charge in [-0.3, -0.25) is 0 Å². The highest BCUT2D eigenvalue weighted by Gasteiger charge is 2.02. The molecule has 0 fully saturated rings. The first-order chi connectivity index (χ1) is 7.65. The second-order valence-corrected chi connectivity index (χ2v) is 4.66. The monoisotopic (exact) mass is 351 g/mol. The van der Waals surface area contributed by atoms with Crippen molar-refractivity contribution in [2.45, 2.75) is 6.54 Å². The third kappa shape index (κ3) is 2.89. The van der Waals surface area contributed by atoms with Crippen LogP contribution in [0.25, 0.3) is 0 Å². The second kappa shape index (κ2) is 5.05. The maximum absolute atomic E-state index is 13.1. The molecule has 2 rings (SSSR count). The molecule has 0 saturated carbocycles. The molecule has 2 aromatic rings. The first kappa shape index (κ1) is 11.7. The highest BCUT2D eigenvalue weighted by atomic mass is 127. The van der Waals surface area contributed by atoms with E-state index in [1.165, 1.54) is 12.1 Å². The smallest absolute Gasteiger partial charge is 0.164 e. The Hall–Kier alpha value is -0.750.